The highest BCUT2D eigenvalue weighted by atomic mass is 16.7. The zero-order valence-corrected chi connectivity index (χ0v) is 46.3. The van der Waals surface area contributed by atoms with Gasteiger partial charge < -0.3 is 45.1 Å². The summed E-state index contributed by atoms with van der Waals surface area (Å²) in [4.78, 5) is 25.1. The summed E-state index contributed by atoms with van der Waals surface area (Å²) in [5.41, 5.74) is 0. The van der Waals surface area contributed by atoms with Crippen LogP contribution in [0.1, 0.15) is 245 Å². The van der Waals surface area contributed by atoms with Crippen molar-refractivity contribution in [2.24, 2.45) is 0 Å². The van der Waals surface area contributed by atoms with Gasteiger partial charge in [0.2, 0.25) is 5.91 Å². The molecule has 0 saturated carbocycles. The van der Waals surface area contributed by atoms with E-state index in [2.05, 4.69) is 66.9 Å². The van der Waals surface area contributed by atoms with Crippen LogP contribution in [0.25, 0.3) is 0 Å². The lowest BCUT2D eigenvalue weighted by molar-refractivity contribution is -0.302. The third-order valence-electron chi connectivity index (χ3n) is 13.6. The molecule has 1 rings (SSSR count). The Bertz CT molecular complexity index is 1440. The van der Waals surface area contributed by atoms with Crippen LogP contribution in [0.5, 0.6) is 0 Å². The van der Waals surface area contributed by atoms with Gasteiger partial charge in [0.1, 0.15) is 24.4 Å². The van der Waals surface area contributed by atoms with Gasteiger partial charge in [0, 0.05) is 12.8 Å². The van der Waals surface area contributed by atoms with Gasteiger partial charge in [-0.25, -0.2) is 0 Å². The van der Waals surface area contributed by atoms with Crippen LogP contribution in [0.15, 0.2) is 72.9 Å². The molecule has 0 bridgehead atoms. The molecule has 7 atom stereocenters. The minimum Gasteiger partial charge on any atom is -0.466 e. The maximum Gasteiger partial charge on any atom is 0.305 e. The molecule has 422 valence electrons. The second kappa shape index (κ2) is 51.2. The molecule has 0 spiro atoms. The summed E-state index contributed by atoms with van der Waals surface area (Å²) in [5, 5.41) is 54.1. The van der Waals surface area contributed by atoms with E-state index in [0.717, 1.165) is 89.9 Å². The monoisotopic (exact) mass is 1030 g/mol. The number of hydrogen-bond donors (Lipinski definition) is 6. The molecule has 6 N–H and O–H groups in total. The second-order valence-electron chi connectivity index (χ2n) is 20.4. The molecular formula is C62H109NO10. The number of carbonyl (C=O) groups excluding carboxylic acids is 2. The fourth-order valence-corrected chi connectivity index (χ4v) is 8.87. The average molecular weight is 1030 g/mol. The Morgan fingerprint density at radius 3 is 1.52 bits per heavy atom. The van der Waals surface area contributed by atoms with E-state index < -0.39 is 49.5 Å². The summed E-state index contributed by atoms with van der Waals surface area (Å²) in [6.45, 7) is 4.02. The van der Waals surface area contributed by atoms with Crippen LogP contribution in [-0.2, 0) is 23.8 Å². The minimum absolute atomic E-state index is 0.0338. The van der Waals surface area contributed by atoms with Gasteiger partial charge in [0.05, 0.1) is 32.0 Å². The number of esters is 1. The number of nitrogens with one attached hydrogen (secondary N) is 1. The van der Waals surface area contributed by atoms with Crippen molar-refractivity contribution in [3.8, 4) is 0 Å². The van der Waals surface area contributed by atoms with Crippen LogP contribution in [0.3, 0.4) is 0 Å². The Kier molecular flexibility index (Phi) is 47.8. The van der Waals surface area contributed by atoms with Gasteiger partial charge >= 0.3 is 5.97 Å². The van der Waals surface area contributed by atoms with Gasteiger partial charge in [-0.2, -0.15) is 0 Å². The van der Waals surface area contributed by atoms with E-state index in [1.54, 1.807) is 6.08 Å². The highest BCUT2D eigenvalue weighted by Crippen LogP contribution is 2.23. The normalized spacial score (nSPS) is 19.5. The first-order valence-electron chi connectivity index (χ1n) is 29.7. The molecule has 0 aliphatic carbocycles. The van der Waals surface area contributed by atoms with E-state index in [1.807, 2.05) is 19.1 Å². The van der Waals surface area contributed by atoms with Crippen molar-refractivity contribution in [3.05, 3.63) is 72.9 Å². The maximum atomic E-state index is 13.0. The van der Waals surface area contributed by atoms with Crippen LogP contribution in [0, 0.1) is 0 Å². The SMILES string of the molecule is C/C=C/CC/C=C/CC/C=C/C(O)C(COC1OC(CO)C(O)C(O)C1O)NC(=O)CCCCCCCCCCCC/C=C\C=C/CCCCCOC(=O)CCCCCCCCC/C=C\CCCCCCCC. The van der Waals surface area contributed by atoms with Gasteiger partial charge in [0.25, 0.3) is 0 Å². The van der Waals surface area contributed by atoms with Crippen molar-refractivity contribution >= 4 is 11.9 Å². The average Bonchev–Trinajstić information content (AvgIpc) is 3.39. The van der Waals surface area contributed by atoms with Crippen molar-refractivity contribution < 1.29 is 49.3 Å². The van der Waals surface area contributed by atoms with Crippen molar-refractivity contribution in [3.63, 3.8) is 0 Å². The lowest BCUT2D eigenvalue weighted by atomic mass is 9.99. The highest BCUT2D eigenvalue weighted by Gasteiger charge is 2.44. The Balaban J connectivity index is 2.05. The molecule has 1 aliphatic heterocycles. The van der Waals surface area contributed by atoms with Gasteiger partial charge in [-0.1, -0.05) is 195 Å². The van der Waals surface area contributed by atoms with E-state index in [1.165, 1.54) is 122 Å². The van der Waals surface area contributed by atoms with Gasteiger partial charge in [-0.05, 0) is 110 Å². The van der Waals surface area contributed by atoms with E-state index >= 15 is 0 Å². The number of aliphatic hydroxyl groups is 5. The Morgan fingerprint density at radius 1 is 0.534 bits per heavy atom. The molecule has 1 saturated heterocycles. The van der Waals surface area contributed by atoms with E-state index in [-0.39, 0.29) is 18.5 Å². The summed E-state index contributed by atoms with van der Waals surface area (Å²) in [7, 11) is 0. The number of hydrogen-bond acceptors (Lipinski definition) is 10. The predicted octanol–water partition coefficient (Wildman–Crippen LogP) is 13.6. The number of allylic oxidation sites excluding steroid dienone is 11. The molecule has 0 radical (unpaired) electrons. The van der Waals surface area contributed by atoms with Crippen LogP contribution >= 0.6 is 0 Å². The predicted molar refractivity (Wildman–Crippen MR) is 301 cm³/mol. The number of amides is 1. The van der Waals surface area contributed by atoms with Crippen molar-refractivity contribution in [1.82, 2.24) is 5.32 Å². The quantitative estimate of drug-likeness (QED) is 0.0149. The molecule has 1 aliphatic rings. The van der Waals surface area contributed by atoms with Crippen molar-refractivity contribution in [2.45, 2.75) is 288 Å². The molecule has 0 aromatic heterocycles. The summed E-state index contributed by atoms with van der Waals surface area (Å²) in [6.07, 6.45) is 57.5. The Hall–Kier alpha value is -2.90. The number of ether oxygens (including phenoxy) is 3. The van der Waals surface area contributed by atoms with E-state index in [0.29, 0.717) is 25.9 Å². The van der Waals surface area contributed by atoms with Gasteiger partial charge in [0.15, 0.2) is 6.29 Å². The third kappa shape index (κ3) is 41.0. The van der Waals surface area contributed by atoms with Gasteiger partial charge in [-0.3, -0.25) is 9.59 Å². The molecule has 0 aromatic carbocycles. The summed E-state index contributed by atoms with van der Waals surface area (Å²) in [5.74, 6) is -0.245. The first-order chi connectivity index (χ1) is 35.7. The van der Waals surface area contributed by atoms with Crippen LogP contribution < -0.4 is 5.32 Å². The molecule has 11 heteroatoms. The van der Waals surface area contributed by atoms with Crippen molar-refractivity contribution in [1.29, 1.82) is 0 Å². The molecule has 7 unspecified atom stereocenters. The molecule has 1 heterocycles. The van der Waals surface area contributed by atoms with Crippen LogP contribution in [0.2, 0.25) is 0 Å². The summed E-state index contributed by atoms with van der Waals surface area (Å²) < 4.78 is 16.6. The lowest BCUT2D eigenvalue weighted by Gasteiger charge is -2.40. The number of carbonyl (C=O) groups is 2. The first kappa shape index (κ1) is 68.1. The largest absolute Gasteiger partial charge is 0.466 e. The molecular weight excluding hydrogens is 919 g/mol. The topological polar surface area (TPSA) is 175 Å². The van der Waals surface area contributed by atoms with Crippen LogP contribution in [0.4, 0.5) is 0 Å². The zero-order valence-electron chi connectivity index (χ0n) is 46.3. The van der Waals surface area contributed by atoms with Crippen molar-refractivity contribution in [2.75, 3.05) is 19.8 Å². The summed E-state index contributed by atoms with van der Waals surface area (Å²) >= 11 is 0. The van der Waals surface area contributed by atoms with Gasteiger partial charge in [-0.15, -0.1) is 0 Å². The zero-order chi connectivity index (χ0) is 53.1. The fraction of sp³-hybridized carbons (Fsp3) is 0.774. The molecule has 0 aromatic rings. The summed E-state index contributed by atoms with van der Waals surface area (Å²) in [6, 6.07) is -0.843. The first-order valence-corrected chi connectivity index (χ1v) is 29.7. The molecule has 11 nitrogen and oxygen atoms in total. The molecule has 1 fully saturated rings. The Labute approximate surface area is 445 Å². The minimum atomic E-state index is -1.58. The lowest BCUT2D eigenvalue weighted by Crippen LogP contribution is -2.60. The van der Waals surface area contributed by atoms with E-state index in [4.69, 9.17) is 14.2 Å². The smallest absolute Gasteiger partial charge is 0.305 e. The molecule has 73 heavy (non-hydrogen) atoms. The number of rotatable bonds is 50. The third-order valence-corrected chi connectivity index (χ3v) is 13.6. The standard InChI is InChI=1S/C62H109NO10/c1-3-5-7-9-11-13-14-15-16-20-24-27-30-34-38-42-46-50-58(67)71-51-47-43-39-35-31-28-25-22-19-17-18-21-23-26-29-33-37-41-45-49-57(66)63-54(55(65)48-44-40-36-32-12-10-8-6-4-2)53-72-62-61(70)60(69)59(68)56(52-64)73-62/h4,6,12,15-16,22,25,28,31-32,44,48,54-56,59-62,64-65,68-70H,3,5,7-11,13-14,17-21,23-24,26-27,29-30,33-43,45-47,49-53H2,1-2H3,(H,63,66)/b6-4+,16-15-,25-22-,31-28-,32-12+,48-44+. The second-order valence-corrected chi connectivity index (χ2v) is 20.4. The number of unbranched alkanes of at least 4 members (excludes halogenated alkanes) is 28. The Morgan fingerprint density at radius 2 is 0.986 bits per heavy atom. The number of aliphatic hydroxyl groups excluding tert-OH is 5. The van der Waals surface area contributed by atoms with E-state index in [9.17, 15) is 35.1 Å². The fourth-order valence-electron chi connectivity index (χ4n) is 8.87. The highest BCUT2D eigenvalue weighted by molar-refractivity contribution is 5.76. The maximum absolute atomic E-state index is 13.0. The molecule has 1 amide bonds. The van der Waals surface area contributed by atoms with Crippen LogP contribution in [-0.4, -0.2) is 100 Å².